The van der Waals surface area contributed by atoms with Crippen LogP contribution >= 0.6 is 0 Å². The van der Waals surface area contributed by atoms with Crippen LogP contribution in [0.1, 0.15) is 63.1 Å². The number of aryl methyl sites for hydroxylation is 1. The molecular formula is C16H24N4O. The summed E-state index contributed by atoms with van der Waals surface area (Å²) in [5.74, 6) is 3.38. The number of likely N-dealkylation sites (tertiary alicyclic amines) is 1. The van der Waals surface area contributed by atoms with Gasteiger partial charge < -0.3 is 9.47 Å². The molecule has 0 radical (unpaired) electrons. The second-order valence-electron chi connectivity index (χ2n) is 6.95. The molecule has 1 saturated carbocycles. The van der Waals surface area contributed by atoms with Crippen LogP contribution in [0, 0.1) is 11.8 Å². The number of fused-ring (bicyclic) bond motifs is 1. The van der Waals surface area contributed by atoms with Gasteiger partial charge in [-0.2, -0.15) is 0 Å². The SMILES string of the molecule is CC1CC1C(=O)N1CCCC1c1nnc2n1CCCCC2. The highest BCUT2D eigenvalue weighted by Crippen LogP contribution is 2.43. The minimum Gasteiger partial charge on any atom is -0.332 e. The molecule has 0 N–H and O–H groups in total. The molecule has 114 valence electrons. The lowest BCUT2D eigenvalue weighted by Crippen LogP contribution is -2.33. The molecule has 3 atom stereocenters. The Balaban J connectivity index is 1.60. The Morgan fingerprint density at radius 3 is 2.81 bits per heavy atom. The van der Waals surface area contributed by atoms with Gasteiger partial charge in [0, 0.05) is 25.4 Å². The molecule has 1 aromatic rings. The maximum absolute atomic E-state index is 12.6. The van der Waals surface area contributed by atoms with Crippen molar-refractivity contribution in [2.24, 2.45) is 11.8 Å². The summed E-state index contributed by atoms with van der Waals surface area (Å²) in [7, 11) is 0. The van der Waals surface area contributed by atoms with Gasteiger partial charge in [0.1, 0.15) is 5.82 Å². The van der Waals surface area contributed by atoms with Crippen LogP contribution in [0.5, 0.6) is 0 Å². The van der Waals surface area contributed by atoms with Crippen molar-refractivity contribution in [3.05, 3.63) is 11.6 Å². The Hall–Kier alpha value is -1.39. The van der Waals surface area contributed by atoms with Crippen LogP contribution in [-0.4, -0.2) is 32.1 Å². The minimum atomic E-state index is 0.171. The predicted octanol–water partition coefficient (Wildman–Crippen LogP) is 2.32. The number of rotatable bonds is 2. The molecule has 3 unspecified atom stereocenters. The van der Waals surface area contributed by atoms with E-state index >= 15 is 0 Å². The predicted molar refractivity (Wildman–Crippen MR) is 78.5 cm³/mol. The minimum absolute atomic E-state index is 0.171. The van der Waals surface area contributed by atoms with Crippen LogP contribution in [-0.2, 0) is 17.8 Å². The Bertz CT molecular complexity index is 552. The van der Waals surface area contributed by atoms with E-state index in [4.69, 9.17) is 0 Å². The number of carbonyl (C=O) groups excluding carboxylic acids is 1. The molecule has 5 heteroatoms. The van der Waals surface area contributed by atoms with E-state index in [2.05, 4.69) is 26.6 Å². The lowest BCUT2D eigenvalue weighted by Gasteiger charge is -2.25. The molecular weight excluding hydrogens is 264 g/mol. The highest BCUT2D eigenvalue weighted by Gasteiger charge is 2.45. The molecule has 5 nitrogen and oxygen atoms in total. The maximum atomic E-state index is 12.6. The fourth-order valence-corrected chi connectivity index (χ4v) is 3.93. The van der Waals surface area contributed by atoms with E-state index in [1.807, 2.05) is 0 Å². The molecule has 0 spiro atoms. The fraction of sp³-hybridized carbons (Fsp3) is 0.812. The first-order valence-corrected chi connectivity index (χ1v) is 8.48. The summed E-state index contributed by atoms with van der Waals surface area (Å²) in [5.41, 5.74) is 0. The van der Waals surface area contributed by atoms with Crippen molar-refractivity contribution in [1.29, 1.82) is 0 Å². The quantitative estimate of drug-likeness (QED) is 0.839. The van der Waals surface area contributed by atoms with Gasteiger partial charge in [-0.25, -0.2) is 0 Å². The van der Waals surface area contributed by atoms with Crippen LogP contribution in [0.15, 0.2) is 0 Å². The standard InChI is InChI=1S/C16H24N4O/c1-11-10-12(11)16(21)19-9-5-6-13(19)15-18-17-14-7-3-2-4-8-20(14)15/h11-13H,2-10H2,1H3. The summed E-state index contributed by atoms with van der Waals surface area (Å²) in [5, 5.41) is 8.88. The van der Waals surface area contributed by atoms with Gasteiger partial charge in [-0.1, -0.05) is 13.3 Å². The summed E-state index contributed by atoms with van der Waals surface area (Å²) in [6.07, 6.45) is 7.94. The monoisotopic (exact) mass is 288 g/mol. The Labute approximate surface area is 125 Å². The van der Waals surface area contributed by atoms with Gasteiger partial charge in [-0.3, -0.25) is 4.79 Å². The van der Waals surface area contributed by atoms with Crippen molar-refractivity contribution in [2.45, 2.75) is 64.5 Å². The molecule has 3 heterocycles. The van der Waals surface area contributed by atoms with E-state index in [0.29, 0.717) is 11.8 Å². The maximum Gasteiger partial charge on any atom is 0.226 e. The van der Waals surface area contributed by atoms with Gasteiger partial charge in [-0.05, 0) is 38.0 Å². The largest absolute Gasteiger partial charge is 0.332 e. The van der Waals surface area contributed by atoms with Crippen LogP contribution in [0.3, 0.4) is 0 Å². The summed E-state index contributed by atoms with van der Waals surface area (Å²) < 4.78 is 2.31. The van der Waals surface area contributed by atoms with Crippen molar-refractivity contribution in [1.82, 2.24) is 19.7 Å². The van der Waals surface area contributed by atoms with E-state index in [9.17, 15) is 4.79 Å². The second-order valence-corrected chi connectivity index (χ2v) is 6.95. The van der Waals surface area contributed by atoms with Gasteiger partial charge >= 0.3 is 0 Å². The summed E-state index contributed by atoms with van der Waals surface area (Å²) in [4.78, 5) is 14.7. The smallest absolute Gasteiger partial charge is 0.226 e. The lowest BCUT2D eigenvalue weighted by atomic mass is 10.2. The first-order chi connectivity index (χ1) is 10.3. The number of amides is 1. The van der Waals surface area contributed by atoms with Gasteiger partial charge in [-0.15, -0.1) is 10.2 Å². The fourth-order valence-electron chi connectivity index (χ4n) is 3.93. The van der Waals surface area contributed by atoms with E-state index < -0.39 is 0 Å². The summed E-state index contributed by atoms with van der Waals surface area (Å²) in [6, 6.07) is 0.171. The number of nitrogens with zero attached hydrogens (tertiary/aromatic N) is 4. The molecule has 1 saturated heterocycles. The number of hydrogen-bond donors (Lipinski definition) is 0. The molecule has 3 aliphatic rings. The van der Waals surface area contributed by atoms with Crippen molar-refractivity contribution < 1.29 is 4.79 Å². The topological polar surface area (TPSA) is 51.0 Å². The molecule has 2 fully saturated rings. The molecule has 1 aliphatic carbocycles. The molecule has 0 aromatic carbocycles. The lowest BCUT2D eigenvalue weighted by molar-refractivity contribution is -0.134. The van der Waals surface area contributed by atoms with Crippen molar-refractivity contribution in [3.63, 3.8) is 0 Å². The van der Waals surface area contributed by atoms with Crippen LogP contribution in [0.4, 0.5) is 0 Å². The Morgan fingerprint density at radius 2 is 2.00 bits per heavy atom. The molecule has 1 amide bonds. The van der Waals surface area contributed by atoms with E-state index in [-0.39, 0.29) is 12.0 Å². The first-order valence-electron chi connectivity index (χ1n) is 8.48. The van der Waals surface area contributed by atoms with Crippen LogP contribution in [0.2, 0.25) is 0 Å². The number of aromatic nitrogens is 3. The van der Waals surface area contributed by atoms with Gasteiger partial charge in [0.25, 0.3) is 0 Å². The van der Waals surface area contributed by atoms with Crippen LogP contribution in [0.25, 0.3) is 0 Å². The third-order valence-electron chi connectivity index (χ3n) is 5.40. The second kappa shape index (κ2) is 5.11. The zero-order chi connectivity index (χ0) is 14.4. The zero-order valence-corrected chi connectivity index (χ0v) is 12.8. The number of hydrogen-bond acceptors (Lipinski definition) is 3. The highest BCUT2D eigenvalue weighted by molar-refractivity contribution is 5.82. The molecule has 2 aliphatic heterocycles. The average molecular weight is 288 g/mol. The Kier molecular flexibility index (Phi) is 3.23. The van der Waals surface area contributed by atoms with Crippen molar-refractivity contribution >= 4 is 5.91 Å². The van der Waals surface area contributed by atoms with Gasteiger partial charge in [0.15, 0.2) is 5.82 Å². The first kappa shape index (κ1) is 13.3. The molecule has 1 aromatic heterocycles. The normalized spacial score (nSPS) is 31.9. The highest BCUT2D eigenvalue weighted by atomic mass is 16.2. The average Bonchev–Trinajstić information content (AvgIpc) is 2.92. The third-order valence-corrected chi connectivity index (χ3v) is 5.40. The molecule has 0 bridgehead atoms. The van der Waals surface area contributed by atoms with E-state index in [0.717, 1.165) is 50.4 Å². The summed E-state index contributed by atoms with van der Waals surface area (Å²) in [6.45, 7) is 4.10. The molecule has 4 rings (SSSR count). The van der Waals surface area contributed by atoms with E-state index in [1.165, 1.54) is 19.3 Å². The molecule has 21 heavy (non-hydrogen) atoms. The zero-order valence-electron chi connectivity index (χ0n) is 12.8. The van der Waals surface area contributed by atoms with Gasteiger partial charge in [0.05, 0.1) is 6.04 Å². The number of carbonyl (C=O) groups is 1. The van der Waals surface area contributed by atoms with E-state index in [1.54, 1.807) is 0 Å². The van der Waals surface area contributed by atoms with Crippen LogP contribution < -0.4 is 0 Å². The van der Waals surface area contributed by atoms with Crippen molar-refractivity contribution in [2.75, 3.05) is 6.54 Å². The summed E-state index contributed by atoms with van der Waals surface area (Å²) >= 11 is 0. The third kappa shape index (κ3) is 2.27. The Morgan fingerprint density at radius 1 is 1.14 bits per heavy atom. The van der Waals surface area contributed by atoms with Crippen molar-refractivity contribution in [3.8, 4) is 0 Å². The van der Waals surface area contributed by atoms with Gasteiger partial charge in [0.2, 0.25) is 5.91 Å².